The summed E-state index contributed by atoms with van der Waals surface area (Å²) in [5.74, 6) is -0.521. The fraction of sp³-hybridized carbons (Fsp3) is 0.514. The van der Waals surface area contributed by atoms with E-state index in [1.807, 2.05) is 31.2 Å². The number of unbranched alkanes of at least 4 members (excludes halogenated alkanes) is 11. The van der Waals surface area contributed by atoms with Crippen LogP contribution in [0.15, 0.2) is 60.9 Å². The second kappa shape index (κ2) is 20.3. The van der Waals surface area contributed by atoms with E-state index in [9.17, 15) is 22.8 Å². The monoisotopic (exact) mass is 656 g/mol. The normalized spacial score (nSPS) is 12.0. The summed E-state index contributed by atoms with van der Waals surface area (Å²) in [5.41, 5.74) is 0.783. The van der Waals surface area contributed by atoms with Crippen molar-refractivity contribution >= 4 is 11.9 Å². The van der Waals surface area contributed by atoms with Gasteiger partial charge in [0.15, 0.2) is 11.9 Å². The van der Waals surface area contributed by atoms with Crippen LogP contribution in [0.1, 0.15) is 124 Å². The number of carbonyl (C=O) groups excluding carboxylic acids is 2. The zero-order valence-electron chi connectivity index (χ0n) is 27.5. The van der Waals surface area contributed by atoms with E-state index in [0.717, 1.165) is 30.6 Å². The summed E-state index contributed by atoms with van der Waals surface area (Å²) in [6.45, 7) is 4.87. The third-order valence-corrected chi connectivity index (χ3v) is 7.75. The predicted octanol–water partition coefficient (Wildman–Crippen LogP) is 10.3. The van der Waals surface area contributed by atoms with Gasteiger partial charge in [-0.1, -0.05) is 84.5 Å². The fourth-order valence-corrected chi connectivity index (χ4v) is 4.95. The van der Waals surface area contributed by atoms with Crippen molar-refractivity contribution in [2.45, 2.75) is 116 Å². The van der Waals surface area contributed by atoms with E-state index in [2.05, 4.69) is 16.9 Å². The number of rotatable bonds is 21. The molecular weight excluding hydrogens is 609 g/mol. The van der Waals surface area contributed by atoms with Gasteiger partial charge in [-0.25, -0.2) is 19.6 Å². The minimum absolute atomic E-state index is 0.0831. The molecule has 0 aliphatic heterocycles. The Balaban J connectivity index is 1.43. The number of alkyl halides is 3. The van der Waals surface area contributed by atoms with Crippen LogP contribution in [0.4, 0.5) is 13.2 Å². The van der Waals surface area contributed by atoms with Gasteiger partial charge in [-0.3, -0.25) is 0 Å². The first-order valence-corrected chi connectivity index (χ1v) is 16.9. The van der Waals surface area contributed by atoms with E-state index in [4.69, 9.17) is 14.2 Å². The molecule has 0 aliphatic carbocycles. The zero-order chi connectivity index (χ0) is 33.9. The Kier molecular flexibility index (Phi) is 16.2. The van der Waals surface area contributed by atoms with Crippen molar-refractivity contribution in [2.75, 3.05) is 6.61 Å². The highest BCUT2D eigenvalue weighted by atomic mass is 19.4. The van der Waals surface area contributed by atoms with Crippen LogP contribution in [0.2, 0.25) is 0 Å². The minimum Gasteiger partial charge on any atom is -0.494 e. The predicted molar refractivity (Wildman–Crippen MR) is 176 cm³/mol. The van der Waals surface area contributed by atoms with Crippen molar-refractivity contribution in [3.63, 3.8) is 0 Å². The van der Waals surface area contributed by atoms with E-state index in [1.54, 1.807) is 0 Å². The molecule has 0 radical (unpaired) electrons. The standard InChI is InChI=1S/C37H47F3N2O5/c1-3-5-7-9-10-11-12-13-15-25-45-31-21-17-28(18-22-31)34-41-26-30(27-42-34)36(44)46-32-23-19-29(20-24-32)35(43)47-33(37(38,39)40)16-14-8-6-4-2/h17-24,26-27,33H,3-16,25H2,1-2H3. The molecular formula is C37H47F3N2O5. The molecule has 256 valence electrons. The van der Waals surface area contributed by atoms with Gasteiger partial charge in [0, 0.05) is 18.0 Å². The van der Waals surface area contributed by atoms with Gasteiger partial charge >= 0.3 is 18.1 Å². The van der Waals surface area contributed by atoms with Crippen LogP contribution in [-0.2, 0) is 4.74 Å². The topological polar surface area (TPSA) is 87.6 Å². The molecule has 0 saturated heterocycles. The summed E-state index contributed by atoms with van der Waals surface area (Å²) in [5, 5.41) is 0. The van der Waals surface area contributed by atoms with Gasteiger partial charge in [-0.15, -0.1) is 0 Å². The van der Waals surface area contributed by atoms with Crippen molar-refractivity contribution in [3.8, 4) is 22.9 Å². The molecule has 0 fully saturated rings. The summed E-state index contributed by atoms with van der Waals surface area (Å²) in [6.07, 6.45) is 9.57. The number of carbonyl (C=O) groups is 2. The van der Waals surface area contributed by atoms with Crippen molar-refractivity contribution in [3.05, 3.63) is 72.1 Å². The summed E-state index contributed by atoms with van der Waals surface area (Å²) in [6, 6.07) is 12.6. The first-order valence-electron chi connectivity index (χ1n) is 16.9. The highest BCUT2D eigenvalue weighted by Crippen LogP contribution is 2.28. The molecule has 0 saturated carbocycles. The lowest BCUT2D eigenvalue weighted by molar-refractivity contribution is -0.206. The highest BCUT2D eigenvalue weighted by molar-refractivity contribution is 5.91. The molecule has 0 amide bonds. The number of esters is 2. The molecule has 3 rings (SSSR count). The summed E-state index contributed by atoms with van der Waals surface area (Å²) < 4.78 is 56.1. The SMILES string of the molecule is CCCCCCCCCCCOc1ccc(-c2ncc(C(=O)Oc3ccc(C(=O)OC(CCCCCC)C(F)(F)F)cc3)cn2)cc1. The maximum Gasteiger partial charge on any atom is 0.425 e. The van der Waals surface area contributed by atoms with E-state index in [-0.39, 0.29) is 23.3 Å². The smallest absolute Gasteiger partial charge is 0.425 e. The van der Waals surface area contributed by atoms with Gasteiger partial charge in [0.2, 0.25) is 0 Å². The summed E-state index contributed by atoms with van der Waals surface area (Å²) in [4.78, 5) is 33.6. The van der Waals surface area contributed by atoms with Crippen LogP contribution in [0, 0.1) is 0 Å². The maximum atomic E-state index is 13.4. The number of ether oxygens (including phenoxy) is 3. The Bertz CT molecular complexity index is 1330. The van der Waals surface area contributed by atoms with Crippen LogP contribution in [-0.4, -0.2) is 40.8 Å². The number of hydrogen-bond acceptors (Lipinski definition) is 7. The van der Waals surface area contributed by atoms with Crippen LogP contribution < -0.4 is 9.47 Å². The molecule has 0 aliphatic rings. The highest BCUT2D eigenvalue weighted by Gasteiger charge is 2.42. The van der Waals surface area contributed by atoms with Gasteiger partial charge in [-0.05, 0) is 67.8 Å². The van der Waals surface area contributed by atoms with Gasteiger partial charge in [0.25, 0.3) is 0 Å². The average Bonchev–Trinajstić information content (AvgIpc) is 3.07. The number of hydrogen-bond donors (Lipinski definition) is 0. The van der Waals surface area contributed by atoms with Crippen LogP contribution in [0.3, 0.4) is 0 Å². The summed E-state index contributed by atoms with van der Waals surface area (Å²) in [7, 11) is 0. The third-order valence-electron chi connectivity index (χ3n) is 7.75. The first-order chi connectivity index (χ1) is 22.7. The number of halogens is 3. The van der Waals surface area contributed by atoms with Crippen molar-refractivity contribution in [1.29, 1.82) is 0 Å². The third kappa shape index (κ3) is 13.7. The van der Waals surface area contributed by atoms with Crippen LogP contribution in [0.25, 0.3) is 11.4 Å². The molecule has 0 bridgehead atoms. The Labute approximate surface area is 276 Å². The molecule has 0 spiro atoms. The number of aromatic nitrogens is 2. The molecule has 10 heteroatoms. The average molecular weight is 657 g/mol. The molecule has 3 aromatic rings. The van der Waals surface area contributed by atoms with Gasteiger partial charge in [-0.2, -0.15) is 13.2 Å². The maximum absolute atomic E-state index is 13.4. The quantitative estimate of drug-likeness (QED) is 0.0640. The van der Waals surface area contributed by atoms with Crippen molar-refractivity contribution < 1.29 is 37.0 Å². The second-order valence-electron chi connectivity index (χ2n) is 11.7. The summed E-state index contributed by atoms with van der Waals surface area (Å²) >= 11 is 0. The second-order valence-corrected chi connectivity index (χ2v) is 11.7. The Morgan fingerprint density at radius 1 is 0.660 bits per heavy atom. The molecule has 2 aromatic carbocycles. The molecule has 1 atom stereocenters. The van der Waals surface area contributed by atoms with E-state index < -0.39 is 24.2 Å². The lowest BCUT2D eigenvalue weighted by Gasteiger charge is -2.20. The minimum atomic E-state index is -4.65. The first kappa shape index (κ1) is 37.5. The Morgan fingerprint density at radius 2 is 1.19 bits per heavy atom. The van der Waals surface area contributed by atoms with Crippen molar-refractivity contribution in [1.82, 2.24) is 9.97 Å². The lowest BCUT2D eigenvalue weighted by atomic mass is 10.1. The number of nitrogens with zero attached hydrogens (tertiary/aromatic N) is 2. The molecule has 0 N–H and O–H groups in total. The Morgan fingerprint density at radius 3 is 1.77 bits per heavy atom. The lowest BCUT2D eigenvalue weighted by Crippen LogP contribution is -2.33. The van der Waals surface area contributed by atoms with E-state index in [1.165, 1.54) is 88.0 Å². The van der Waals surface area contributed by atoms with Gasteiger partial charge in [0.05, 0.1) is 17.7 Å². The largest absolute Gasteiger partial charge is 0.494 e. The van der Waals surface area contributed by atoms with Crippen LogP contribution >= 0.6 is 0 Å². The van der Waals surface area contributed by atoms with Gasteiger partial charge in [0.1, 0.15) is 11.5 Å². The molecule has 1 heterocycles. The van der Waals surface area contributed by atoms with Crippen molar-refractivity contribution in [2.24, 2.45) is 0 Å². The molecule has 47 heavy (non-hydrogen) atoms. The van der Waals surface area contributed by atoms with Crippen LogP contribution in [0.5, 0.6) is 11.5 Å². The Hall–Kier alpha value is -3.95. The fourth-order valence-electron chi connectivity index (χ4n) is 4.95. The molecule has 1 aromatic heterocycles. The van der Waals surface area contributed by atoms with E-state index >= 15 is 0 Å². The molecule has 7 nitrogen and oxygen atoms in total. The van der Waals surface area contributed by atoms with E-state index in [0.29, 0.717) is 25.3 Å². The van der Waals surface area contributed by atoms with Gasteiger partial charge < -0.3 is 14.2 Å². The number of benzene rings is 2. The molecule has 1 unspecified atom stereocenters. The zero-order valence-corrected chi connectivity index (χ0v) is 27.5.